The lowest BCUT2D eigenvalue weighted by Gasteiger charge is -2.26. The first-order valence-corrected chi connectivity index (χ1v) is 10.6. The van der Waals surface area contributed by atoms with Crippen LogP contribution in [0.15, 0.2) is 72.8 Å². The molecule has 0 heterocycles. The summed E-state index contributed by atoms with van der Waals surface area (Å²) in [7, 11) is 1.53. The molecule has 34 heavy (non-hydrogen) atoms. The summed E-state index contributed by atoms with van der Waals surface area (Å²) in [6.07, 6.45) is 0.302. The number of carbonyl (C=O) groups is 2. The molecule has 0 radical (unpaired) electrons. The zero-order chi connectivity index (χ0) is 24.7. The standard InChI is InChI=1S/C26H25F2NO5/c1-26(27,28)17-29(16-15-18-7-9-20(10-8-18)25(31)32)24(30)19-11-13-21(14-12-19)34-23-6-4-3-5-22(23)33-2/h3-14H,15-17H2,1-2H3,(H,31,32). The molecule has 8 heteroatoms. The number of methoxy groups -OCH3 is 1. The highest BCUT2D eigenvalue weighted by Crippen LogP contribution is 2.31. The van der Waals surface area contributed by atoms with Gasteiger partial charge in [-0.1, -0.05) is 24.3 Å². The van der Waals surface area contributed by atoms with E-state index in [0.717, 1.165) is 17.4 Å². The van der Waals surface area contributed by atoms with Crippen LogP contribution in [0.25, 0.3) is 0 Å². The number of alkyl halides is 2. The van der Waals surface area contributed by atoms with E-state index in [0.29, 0.717) is 23.7 Å². The van der Waals surface area contributed by atoms with Crippen molar-refractivity contribution in [3.05, 3.63) is 89.5 Å². The Balaban J connectivity index is 1.72. The second kappa shape index (κ2) is 10.8. The second-order valence-electron chi connectivity index (χ2n) is 7.83. The Hall–Kier alpha value is -3.94. The fourth-order valence-corrected chi connectivity index (χ4v) is 3.34. The van der Waals surface area contributed by atoms with E-state index in [9.17, 15) is 18.4 Å². The van der Waals surface area contributed by atoms with Crippen LogP contribution in [0.3, 0.4) is 0 Å². The van der Waals surface area contributed by atoms with Crippen molar-refractivity contribution in [3.8, 4) is 17.2 Å². The third kappa shape index (κ3) is 6.78. The Bertz CT molecular complexity index is 1130. The topological polar surface area (TPSA) is 76.1 Å². The SMILES string of the molecule is COc1ccccc1Oc1ccc(C(=O)N(CCc2ccc(C(=O)O)cc2)CC(C)(F)F)cc1. The van der Waals surface area contributed by atoms with Crippen molar-refractivity contribution in [1.82, 2.24) is 4.90 Å². The maximum absolute atomic E-state index is 13.8. The Morgan fingerprint density at radius 1 is 0.912 bits per heavy atom. The van der Waals surface area contributed by atoms with E-state index in [1.54, 1.807) is 42.5 Å². The second-order valence-corrected chi connectivity index (χ2v) is 7.83. The number of nitrogens with zero attached hydrogens (tertiary/aromatic N) is 1. The van der Waals surface area contributed by atoms with E-state index in [-0.39, 0.29) is 17.7 Å². The molecule has 0 fully saturated rings. The van der Waals surface area contributed by atoms with Gasteiger partial charge in [-0.2, -0.15) is 0 Å². The number of ether oxygens (including phenoxy) is 2. The van der Waals surface area contributed by atoms with Crippen LogP contribution in [0.4, 0.5) is 8.78 Å². The molecule has 0 saturated heterocycles. The van der Waals surface area contributed by atoms with Gasteiger partial charge in [-0.15, -0.1) is 0 Å². The minimum absolute atomic E-state index is 0.0497. The van der Waals surface area contributed by atoms with Gasteiger partial charge in [0.15, 0.2) is 11.5 Å². The molecular weight excluding hydrogens is 444 g/mol. The number of hydrogen-bond donors (Lipinski definition) is 1. The summed E-state index contributed by atoms with van der Waals surface area (Å²) < 4.78 is 38.7. The molecule has 3 aromatic rings. The highest BCUT2D eigenvalue weighted by molar-refractivity contribution is 5.94. The number of carboxylic acids is 1. The molecule has 178 valence electrons. The van der Waals surface area contributed by atoms with E-state index in [2.05, 4.69) is 0 Å². The lowest BCUT2D eigenvalue weighted by atomic mass is 10.1. The largest absolute Gasteiger partial charge is 0.493 e. The van der Waals surface area contributed by atoms with Crippen LogP contribution in [-0.2, 0) is 6.42 Å². The van der Waals surface area contributed by atoms with Crippen LogP contribution in [0.5, 0.6) is 17.2 Å². The molecule has 0 aromatic heterocycles. The lowest BCUT2D eigenvalue weighted by molar-refractivity contribution is -0.0108. The highest BCUT2D eigenvalue weighted by Gasteiger charge is 2.28. The molecule has 3 rings (SSSR count). The van der Waals surface area contributed by atoms with Crippen molar-refractivity contribution < 1.29 is 33.0 Å². The fraction of sp³-hybridized carbons (Fsp3) is 0.231. The number of carboxylic acid groups (broad SMARTS) is 1. The molecule has 0 aliphatic carbocycles. The van der Waals surface area contributed by atoms with Gasteiger partial charge in [-0.05, 0) is 60.5 Å². The van der Waals surface area contributed by atoms with Crippen molar-refractivity contribution in [2.75, 3.05) is 20.2 Å². The summed E-state index contributed by atoms with van der Waals surface area (Å²) in [6, 6.07) is 19.4. The first kappa shape index (κ1) is 24.7. The molecule has 0 aliphatic rings. The predicted molar refractivity (Wildman–Crippen MR) is 123 cm³/mol. The molecule has 0 bridgehead atoms. The number of rotatable bonds is 10. The number of halogens is 2. The third-order valence-electron chi connectivity index (χ3n) is 5.03. The Morgan fingerprint density at radius 2 is 1.50 bits per heavy atom. The third-order valence-corrected chi connectivity index (χ3v) is 5.03. The average molecular weight is 469 g/mol. The van der Waals surface area contributed by atoms with E-state index in [1.807, 2.05) is 6.07 Å². The normalized spacial score (nSPS) is 11.1. The quantitative estimate of drug-likeness (QED) is 0.423. The van der Waals surface area contributed by atoms with Crippen LogP contribution in [0.1, 0.15) is 33.2 Å². The molecule has 1 amide bonds. The van der Waals surface area contributed by atoms with Crippen LogP contribution in [0.2, 0.25) is 0 Å². The molecule has 3 aromatic carbocycles. The molecule has 0 spiro atoms. The van der Waals surface area contributed by atoms with E-state index >= 15 is 0 Å². The van der Waals surface area contributed by atoms with Crippen molar-refractivity contribution in [2.24, 2.45) is 0 Å². The van der Waals surface area contributed by atoms with Gasteiger partial charge in [0.2, 0.25) is 0 Å². The van der Waals surface area contributed by atoms with Crippen LogP contribution in [-0.4, -0.2) is 48.0 Å². The number of aromatic carboxylic acids is 1. The van der Waals surface area contributed by atoms with Crippen molar-refractivity contribution in [2.45, 2.75) is 19.3 Å². The van der Waals surface area contributed by atoms with Gasteiger partial charge in [0.25, 0.3) is 11.8 Å². The molecular formula is C26H25F2NO5. The minimum atomic E-state index is -3.07. The highest BCUT2D eigenvalue weighted by atomic mass is 19.3. The number of benzene rings is 3. The molecule has 0 unspecified atom stereocenters. The van der Waals surface area contributed by atoms with Crippen LogP contribution >= 0.6 is 0 Å². The summed E-state index contributed by atoms with van der Waals surface area (Å²) in [5, 5.41) is 9.00. The number of hydrogen-bond acceptors (Lipinski definition) is 4. The van der Waals surface area contributed by atoms with E-state index in [1.165, 1.54) is 31.4 Å². The summed E-state index contributed by atoms with van der Waals surface area (Å²) in [6.45, 7) is 0.0752. The van der Waals surface area contributed by atoms with Crippen LogP contribution < -0.4 is 9.47 Å². The van der Waals surface area contributed by atoms with Gasteiger partial charge in [-0.3, -0.25) is 4.79 Å². The van der Waals surface area contributed by atoms with Crippen molar-refractivity contribution in [1.29, 1.82) is 0 Å². The number of para-hydroxylation sites is 2. The van der Waals surface area contributed by atoms with Gasteiger partial charge >= 0.3 is 5.97 Å². The van der Waals surface area contributed by atoms with Gasteiger partial charge in [0, 0.05) is 19.0 Å². The summed E-state index contributed by atoms with van der Waals surface area (Å²) in [5.41, 5.74) is 1.12. The van der Waals surface area contributed by atoms with E-state index < -0.39 is 24.3 Å². The number of carbonyl (C=O) groups excluding carboxylic acids is 1. The first-order valence-electron chi connectivity index (χ1n) is 10.6. The molecule has 0 aliphatic heterocycles. The van der Waals surface area contributed by atoms with Gasteiger partial charge in [-0.25, -0.2) is 13.6 Å². The summed E-state index contributed by atoms with van der Waals surface area (Å²) >= 11 is 0. The maximum atomic E-state index is 13.8. The molecule has 0 atom stereocenters. The number of amides is 1. The Morgan fingerprint density at radius 3 is 2.06 bits per heavy atom. The van der Waals surface area contributed by atoms with Crippen molar-refractivity contribution >= 4 is 11.9 Å². The predicted octanol–water partition coefficient (Wildman–Crippen LogP) is 5.53. The Labute approximate surface area is 196 Å². The average Bonchev–Trinajstić information content (AvgIpc) is 2.81. The van der Waals surface area contributed by atoms with Crippen molar-refractivity contribution in [3.63, 3.8) is 0 Å². The first-order chi connectivity index (χ1) is 16.2. The molecule has 0 saturated carbocycles. The lowest BCUT2D eigenvalue weighted by Crippen LogP contribution is -2.40. The Kier molecular flexibility index (Phi) is 7.83. The fourth-order valence-electron chi connectivity index (χ4n) is 3.34. The molecule has 1 N–H and O–H groups in total. The van der Waals surface area contributed by atoms with Gasteiger partial charge in [0.1, 0.15) is 5.75 Å². The van der Waals surface area contributed by atoms with Crippen LogP contribution in [0, 0.1) is 0 Å². The van der Waals surface area contributed by atoms with Gasteiger partial charge < -0.3 is 19.5 Å². The maximum Gasteiger partial charge on any atom is 0.335 e. The zero-order valence-corrected chi connectivity index (χ0v) is 18.8. The molecule has 6 nitrogen and oxygen atoms in total. The minimum Gasteiger partial charge on any atom is -0.493 e. The zero-order valence-electron chi connectivity index (χ0n) is 18.8. The monoisotopic (exact) mass is 469 g/mol. The van der Waals surface area contributed by atoms with E-state index in [4.69, 9.17) is 14.6 Å². The smallest absolute Gasteiger partial charge is 0.335 e. The summed E-state index contributed by atoms with van der Waals surface area (Å²) in [4.78, 5) is 25.1. The van der Waals surface area contributed by atoms with Gasteiger partial charge in [0.05, 0.1) is 19.2 Å². The summed E-state index contributed by atoms with van der Waals surface area (Å²) in [5.74, 6) is -3.14.